The lowest BCUT2D eigenvalue weighted by molar-refractivity contribution is -0.137. The normalized spacial score (nSPS) is 33.2. The van der Waals surface area contributed by atoms with Crippen molar-refractivity contribution in [3.8, 4) is 6.07 Å². The molecule has 5 aliphatic rings. The van der Waals surface area contributed by atoms with Crippen molar-refractivity contribution in [1.29, 1.82) is 5.26 Å². The first kappa shape index (κ1) is 36.3. The number of nitriles is 1. The summed E-state index contributed by atoms with van der Waals surface area (Å²) in [6.45, 7) is 9.40. The van der Waals surface area contributed by atoms with E-state index in [-0.39, 0.29) is 11.8 Å². The Labute approximate surface area is 304 Å². The van der Waals surface area contributed by atoms with E-state index < -0.39 is 11.7 Å². The predicted octanol–water partition coefficient (Wildman–Crippen LogP) is 13.3. The largest absolute Gasteiger partial charge is 0.416 e. The molecule has 51 heavy (non-hydrogen) atoms. The summed E-state index contributed by atoms with van der Waals surface area (Å²) in [6, 6.07) is 11.0. The van der Waals surface area contributed by atoms with Gasteiger partial charge in [-0.05, 0) is 90.5 Å². The van der Waals surface area contributed by atoms with Crippen molar-refractivity contribution >= 4 is 11.3 Å². The Hall–Kier alpha value is -3.07. The standard InChI is InChI=1S/C45H58F3N3/c1-27-13-5-9-17-33(27)37-25-39(34-18-10-6-14-28(34)2)50-43(37)40(31-21-23-32(24-22-31)45(46,47)48)44-41(35-19-11-7-15-29(35)3)38(26-49)42(51-44)36-20-12-8-16-30(36)4/h21-25,27-30,33-36,50H,5-20H2,1-4H3/b44-40-. The lowest BCUT2D eigenvalue weighted by Crippen LogP contribution is -2.26. The van der Waals surface area contributed by atoms with Crippen LogP contribution in [0.5, 0.6) is 0 Å². The van der Waals surface area contributed by atoms with Gasteiger partial charge in [0.2, 0.25) is 0 Å². The average Bonchev–Trinajstić information content (AvgIpc) is 3.71. The predicted molar refractivity (Wildman–Crippen MR) is 201 cm³/mol. The molecule has 8 unspecified atom stereocenters. The van der Waals surface area contributed by atoms with Crippen LogP contribution in [-0.2, 0) is 6.18 Å². The lowest BCUT2D eigenvalue weighted by atomic mass is 9.71. The molecule has 7 rings (SSSR count). The molecule has 4 saturated carbocycles. The number of hydrogen-bond donors (Lipinski definition) is 1. The van der Waals surface area contributed by atoms with Crippen LogP contribution in [0.1, 0.15) is 170 Å². The Morgan fingerprint density at radius 2 is 1.18 bits per heavy atom. The van der Waals surface area contributed by atoms with E-state index in [1.54, 1.807) is 12.1 Å². The molecule has 1 N–H and O–H groups in total. The highest BCUT2D eigenvalue weighted by Crippen LogP contribution is 2.51. The zero-order valence-corrected chi connectivity index (χ0v) is 31.3. The number of alkyl halides is 3. The Morgan fingerprint density at radius 3 is 1.69 bits per heavy atom. The molecule has 274 valence electrons. The van der Waals surface area contributed by atoms with E-state index >= 15 is 0 Å². The van der Waals surface area contributed by atoms with Crippen LogP contribution in [0.25, 0.3) is 5.57 Å². The highest BCUT2D eigenvalue weighted by atomic mass is 19.4. The van der Waals surface area contributed by atoms with Gasteiger partial charge in [-0.25, -0.2) is 0 Å². The van der Waals surface area contributed by atoms with Gasteiger partial charge in [-0.15, -0.1) is 0 Å². The summed E-state index contributed by atoms with van der Waals surface area (Å²) in [6.07, 6.45) is 14.1. The van der Waals surface area contributed by atoms with Crippen molar-refractivity contribution in [1.82, 2.24) is 4.98 Å². The van der Waals surface area contributed by atoms with Crippen LogP contribution in [-0.4, -0.2) is 10.7 Å². The number of allylic oxidation sites excluding steroid dienone is 2. The monoisotopic (exact) mass is 697 g/mol. The zero-order chi connectivity index (χ0) is 35.9. The first-order valence-corrected chi connectivity index (χ1v) is 20.4. The molecule has 2 aromatic rings. The van der Waals surface area contributed by atoms with E-state index in [0.717, 1.165) is 90.8 Å². The minimum absolute atomic E-state index is 0.192. The molecule has 1 aliphatic heterocycles. The summed E-state index contributed by atoms with van der Waals surface area (Å²) in [4.78, 5) is 9.67. The fraction of sp³-hybridized carbons (Fsp3) is 0.644. The van der Waals surface area contributed by atoms with Crippen LogP contribution in [0.2, 0.25) is 0 Å². The SMILES string of the molecule is CC1CCCCC1C1=N/C(=C(/c2ccc(C(F)(F)F)cc2)c2[nH]c(C3CCCCC3C)cc2C2CCCCC2C)C(C2CCCCC2C)=C1C#N. The van der Waals surface area contributed by atoms with Crippen LogP contribution in [0.3, 0.4) is 0 Å². The molecule has 8 atom stereocenters. The van der Waals surface area contributed by atoms with Crippen LogP contribution >= 0.6 is 0 Å². The van der Waals surface area contributed by atoms with Gasteiger partial charge in [0.1, 0.15) is 6.07 Å². The Balaban J connectivity index is 1.53. The topological polar surface area (TPSA) is 51.9 Å². The molecule has 4 aliphatic carbocycles. The van der Waals surface area contributed by atoms with Crippen LogP contribution in [0, 0.1) is 46.8 Å². The first-order chi connectivity index (χ1) is 24.6. The highest BCUT2D eigenvalue weighted by molar-refractivity contribution is 6.11. The number of aliphatic imine (C=N–C) groups is 1. The number of rotatable bonds is 6. The Kier molecular flexibility index (Phi) is 10.8. The van der Waals surface area contributed by atoms with Crippen LogP contribution in [0.15, 0.2) is 52.2 Å². The Bertz CT molecular complexity index is 1700. The minimum atomic E-state index is -4.42. The van der Waals surface area contributed by atoms with E-state index in [1.165, 1.54) is 74.8 Å². The van der Waals surface area contributed by atoms with Gasteiger partial charge in [0.05, 0.1) is 28.2 Å². The van der Waals surface area contributed by atoms with Gasteiger partial charge >= 0.3 is 6.18 Å². The molecule has 1 aromatic heterocycles. The van der Waals surface area contributed by atoms with Gasteiger partial charge in [-0.3, -0.25) is 4.99 Å². The number of benzene rings is 1. The molecule has 1 aromatic carbocycles. The maximum absolute atomic E-state index is 14.0. The Morgan fingerprint density at radius 1 is 0.686 bits per heavy atom. The number of nitrogens with one attached hydrogen (secondary N) is 1. The van der Waals surface area contributed by atoms with Gasteiger partial charge in [-0.1, -0.05) is 117 Å². The average molecular weight is 698 g/mol. The van der Waals surface area contributed by atoms with Crippen LogP contribution < -0.4 is 0 Å². The molecular formula is C45H58F3N3. The molecule has 2 heterocycles. The first-order valence-electron chi connectivity index (χ1n) is 20.4. The molecule has 0 saturated heterocycles. The van der Waals surface area contributed by atoms with Gasteiger partial charge in [0, 0.05) is 28.7 Å². The van der Waals surface area contributed by atoms with Crippen molar-refractivity contribution < 1.29 is 13.2 Å². The fourth-order valence-corrected chi connectivity index (χ4v) is 10.9. The van der Waals surface area contributed by atoms with Gasteiger partial charge in [-0.2, -0.15) is 18.4 Å². The molecule has 3 nitrogen and oxygen atoms in total. The van der Waals surface area contributed by atoms with E-state index in [1.807, 2.05) is 0 Å². The highest BCUT2D eigenvalue weighted by Gasteiger charge is 2.41. The maximum atomic E-state index is 14.0. The maximum Gasteiger partial charge on any atom is 0.416 e. The summed E-state index contributed by atoms with van der Waals surface area (Å²) >= 11 is 0. The van der Waals surface area contributed by atoms with Crippen molar-refractivity contribution in [2.45, 2.75) is 148 Å². The van der Waals surface area contributed by atoms with Gasteiger partial charge in [0.15, 0.2) is 0 Å². The molecule has 0 amide bonds. The summed E-state index contributed by atoms with van der Waals surface area (Å²) in [5.74, 6) is 3.11. The van der Waals surface area contributed by atoms with Crippen LogP contribution in [0.4, 0.5) is 13.2 Å². The number of aromatic amines is 1. The third-order valence-corrected chi connectivity index (χ3v) is 13.9. The molecule has 0 radical (unpaired) electrons. The fourth-order valence-electron chi connectivity index (χ4n) is 10.9. The second kappa shape index (κ2) is 15.1. The number of H-pyrrole nitrogens is 1. The number of hydrogen-bond acceptors (Lipinski definition) is 2. The second-order valence-corrected chi connectivity index (χ2v) is 17.2. The quantitative estimate of drug-likeness (QED) is 0.321. The summed E-state index contributed by atoms with van der Waals surface area (Å²) in [5.41, 5.74) is 8.26. The summed E-state index contributed by atoms with van der Waals surface area (Å²) in [5, 5.41) is 11.1. The summed E-state index contributed by atoms with van der Waals surface area (Å²) < 4.78 is 42.0. The van der Waals surface area contributed by atoms with Gasteiger partial charge < -0.3 is 4.98 Å². The van der Waals surface area contributed by atoms with E-state index in [0.29, 0.717) is 35.5 Å². The number of nitrogens with zero attached hydrogens (tertiary/aromatic N) is 2. The van der Waals surface area contributed by atoms with E-state index in [9.17, 15) is 18.4 Å². The molecular weight excluding hydrogens is 640 g/mol. The minimum Gasteiger partial charge on any atom is -0.358 e. The van der Waals surface area contributed by atoms with E-state index in [4.69, 9.17) is 4.99 Å². The van der Waals surface area contributed by atoms with Crippen molar-refractivity contribution in [2.75, 3.05) is 0 Å². The van der Waals surface area contributed by atoms with E-state index in [2.05, 4.69) is 44.8 Å². The number of halogens is 3. The third kappa shape index (κ3) is 7.17. The smallest absolute Gasteiger partial charge is 0.358 e. The van der Waals surface area contributed by atoms with Gasteiger partial charge in [0.25, 0.3) is 0 Å². The summed E-state index contributed by atoms with van der Waals surface area (Å²) in [7, 11) is 0. The van der Waals surface area contributed by atoms with Crippen molar-refractivity contribution in [2.24, 2.45) is 40.5 Å². The molecule has 4 fully saturated rings. The molecule has 6 heteroatoms. The molecule has 0 spiro atoms. The molecule has 0 bridgehead atoms. The van der Waals surface area contributed by atoms with Crippen molar-refractivity contribution in [3.05, 3.63) is 75.3 Å². The second-order valence-electron chi connectivity index (χ2n) is 17.2. The zero-order valence-electron chi connectivity index (χ0n) is 31.3. The third-order valence-electron chi connectivity index (χ3n) is 13.9. The number of aromatic nitrogens is 1. The van der Waals surface area contributed by atoms with Crippen molar-refractivity contribution in [3.63, 3.8) is 0 Å². The lowest BCUT2D eigenvalue weighted by Gasteiger charge is -2.32.